The van der Waals surface area contributed by atoms with E-state index in [1.807, 2.05) is 30.3 Å². The Morgan fingerprint density at radius 2 is 1.73 bits per heavy atom. The van der Waals surface area contributed by atoms with Crippen molar-refractivity contribution in [2.75, 3.05) is 39.7 Å². The number of carbonyl (C=O) groups excluding carboxylic acids is 2. The molecule has 7 bridgehead atoms. The van der Waals surface area contributed by atoms with Gasteiger partial charge in [0.05, 0.1) is 29.6 Å². The van der Waals surface area contributed by atoms with E-state index in [2.05, 4.69) is 17.1 Å². The van der Waals surface area contributed by atoms with Gasteiger partial charge in [0, 0.05) is 75.5 Å². The molecular formula is C39H48N2O8. The van der Waals surface area contributed by atoms with E-state index in [1.165, 1.54) is 6.08 Å². The Balaban J connectivity index is 1.17. The first-order valence-corrected chi connectivity index (χ1v) is 17.8. The minimum absolute atomic E-state index is 0.0651. The van der Waals surface area contributed by atoms with Crippen LogP contribution in [0, 0.1) is 29.1 Å². The van der Waals surface area contributed by atoms with E-state index in [1.54, 1.807) is 51.7 Å². The second-order valence-corrected chi connectivity index (χ2v) is 15.2. The van der Waals surface area contributed by atoms with Gasteiger partial charge in [-0.05, 0) is 56.0 Å². The van der Waals surface area contributed by atoms with Crippen LogP contribution in [0.5, 0.6) is 0 Å². The van der Waals surface area contributed by atoms with Crippen molar-refractivity contribution in [1.82, 2.24) is 4.90 Å². The van der Waals surface area contributed by atoms with E-state index in [-0.39, 0.29) is 53.4 Å². The number of likely N-dealkylation sites (tertiary alicyclic amines) is 1. The summed E-state index contributed by atoms with van der Waals surface area (Å²) in [6, 6.07) is 16.4. The monoisotopic (exact) mass is 672 g/mol. The number of methoxy groups -OCH3 is 3. The topological polar surface area (TPSA) is 127 Å². The highest BCUT2D eigenvalue weighted by Crippen LogP contribution is 2.79. The van der Waals surface area contributed by atoms with Gasteiger partial charge in [0.1, 0.15) is 16.8 Å². The normalized spacial score (nSPS) is 43.1. The van der Waals surface area contributed by atoms with Crippen LogP contribution in [0.1, 0.15) is 54.9 Å². The lowest BCUT2D eigenvalue weighted by Gasteiger charge is -2.70. The molecule has 1 heterocycles. The number of piperidine rings is 1. The lowest BCUT2D eigenvalue weighted by Crippen LogP contribution is -2.83. The number of hydrogen-bond donors (Lipinski definition) is 3. The summed E-state index contributed by atoms with van der Waals surface area (Å²) in [5.74, 6) is -1.74. The summed E-state index contributed by atoms with van der Waals surface area (Å²) in [7, 11) is 5.06. The Labute approximate surface area is 287 Å². The summed E-state index contributed by atoms with van der Waals surface area (Å²) in [5.41, 5.74) is -2.86. The van der Waals surface area contributed by atoms with Crippen molar-refractivity contribution in [3.63, 3.8) is 0 Å². The molecule has 0 aromatic heterocycles. The number of carbonyl (C=O) groups is 2. The highest BCUT2D eigenvalue weighted by molar-refractivity contribution is 6.06. The van der Waals surface area contributed by atoms with Crippen LogP contribution >= 0.6 is 0 Å². The number of anilines is 1. The zero-order chi connectivity index (χ0) is 34.3. The predicted octanol–water partition coefficient (Wildman–Crippen LogP) is 3.92. The molecule has 10 nitrogen and oxygen atoms in total. The Bertz CT molecular complexity index is 1650. The molecule has 8 rings (SSSR count). The number of likely N-dealkylation sites (N-methyl/N-ethyl adjacent to an activating group) is 1. The van der Waals surface area contributed by atoms with Gasteiger partial charge in [0.15, 0.2) is 0 Å². The molecule has 6 aliphatic rings. The van der Waals surface area contributed by atoms with Gasteiger partial charge in [-0.25, -0.2) is 4.79 Å². The van der Waals surface area contributed by atoms with Gasteiger partial charge in [-0.2, -0.15) is 0 Å². The standard InChI is InChI=1S/C39H48N2O8/c1-5-41-22-36(49-35(43)24-13-9-10-14-27(24)40-32(42)16-15-23-11-7-6-8-12-23)18-17-31(47-3)38-29(36)20-26(33(38)41)37(44)21-28(46-2)25-19-30(38)39(37,45)34(25)48-4/h6-16,25-26,28-31,33-34,44-45H,5,17-22H2,1-4H3,(H,40,42)/b16-15+/t25-,26-,28+,29-,30+,31+,33?,34+,36-,37+,38+,39+/m1/s1. The molecule has 1 aliphatic heterocycles. The molecule has 1 unspecified atom stereocenters. The third-order valence-corrected chi connectivity index (χ3v) is 13.8. The Morgan fingerprint density at radius 3 is 2.45 bits per heavy atom. The summed E-state index contributed by atoms with van der Waals surface area (Å²) in [5, 5.41) is 28.8. The number of nitrogens with one attached hydrogen (secondary N) is 1. The van der Waals surface area contributed by atoms with Crippen molar-refractivity contribution in [3.8, 4) is 0 Å². The molecule has 0 radical (unpaired) electrons. The number of hydrogen-bond acceptors (Lipinski definition) is 9. The number of ether oxygens (including phenoxy) is 4. The van der Waals surface area contributed by atoms with Gasteiger partial charge in [-0.1, -0.05) is 49.4 Å². The second-order valence-electron chi connectivity index (χ2n) is 15.2. The molecule has 1 spiro atoms. The number of fused-ring (bicyclic) bond motifs is 2. The molecule has 10 heteroatoms. The predicted molar refractivity (Wildman–Crippen MR) is 181 cm³/mol. The molecular weight excluding hydrogens is 624 g/mol. The number of esters is 1. The van der Waals surface area contributed by atoms with E-state index >= 15 is 0 Å². The molecule has 5 aliphatic carbocycles. The van der Waals surface area contributed by atoms with Crippen molar-refractivity contribution in [2.24, 2.45) is 29.1 Å². The molecule has 1 saturated heterocycles. The van der Waals surface area contributed by atoms with Gasteiger partial charge in [0.25, 0.3) is 0 Å². The second kappa shape index (κ2) is 11.7. The molecule has 2 aromatic rings. The number of benzene rings is 2. The van der Waals surface area contributed by atoms with Gasteiger partial charge in [-0.3, -0.25) is 9.69 Å². The summed E-state index contributed by atoms with van der Waals surface area (Å²) in [4.78, 5) is 29.8. The first-order valence-electron chi connectivity index (χ1n) is 17.8. The number of amides is 1. The Hall–Kier alpha value is -3.12. The van der Waals surface area contributed by atoms with Gasteiger partial charge in [-0.15, -0.1) is 0 Å². The summed E-state index contributed by atoms with van der Waals surface area (Å²) in [6.07, 6.45) is 4.95. The molecule has 6 fully saturated rings. The number of aliphatic hydroxyl groups is 2. The minimum Gasteiger partial charge on any atom is -0.454 e. The first-order chi connectivity index (χ1) is 23.6. The summed E-state index contributed by atoms with van der Waals surface area (Å²) in [6.45, 7) is 3.33. The lowest BCUT2D eigenvalue weighted by atomic mass is 9.44. The fourth-order valence-electron chi connectivity index (χ4n) is 12.3. The maximum Gasteiger partial charge on any atom is 0.340 e. The first kappa shape index (κ1) is 33.0. The van der Waals surface area contributed by atoms with Crippen molar-refractivity contribution in [2.45, 2.75) is 80.2 Å². The molecule has 3 N–H and O–H groups in total. The lowest BCUT2D eigenvalue weighted by molar-refractivity contribution is -0.337. The van der Waals surface area contributed by atoms with Crippen LogP contribution in [-0.4, -0.2) is 103 Å². The van der Waals surface area contributed by atoms with Crippen LogP contribution < -0.4 is 5.32 Å². The zero-order valence-corrected chi connectivity index (χ0v) is 28.7. The van der Waals surface area contributed by atoms with E-state index < -0.39 is 34.3 Å². The highest BCUT2D eigenvalue weighted by Gasteiger charge is 2.89. The molecule has 12 atom stereocenters. The summed E-state index contributed by atoms with van der Waals surface area (Å²) >= 11 is 0. The van der Waals surface area contributed by atoms with Gasteiger partial charge < -0.3 is 34.5 Å². The maximum absolute atomic E-state index is 14.4. The van der Waals surface area contributed by atoms with E-state index in [0.717, 1.165) is 5.56 Å². The minimum atomic E-state index is -1.50. The van der Waals surface area contributed by atoms with Crippen LogP contribution in [-0.2, 0) is 23.7 Å². The van der Waals surface area contributed by atoms with Crippen LogP contribution in [0.2, 0.25) is 0 Å². The number of rotatable bonds is 9. The van der Waals surface area contributed by atoms with Crippen LogP contribution in [0.15, 0.2) is 60.7 Å². The van der Waals surface area contributed by atoms with Gasteiger partial charge in [0.2, 0.25) is 5.91 Å². The Morgan fingerprint density at radius 1 is 0.980 bits per heavy atom. The van der Waals surface area contributed by atoms with E-state index in [4.69, 9.17) is 18.9 Å². The van der Waals surface area contributed by atoms with Crippen molar-refractivity contribution < 1.29 is 38.7 Å². The molecule has 262 valence electrons. The molecule has 5 saturated carbocycles. The van der Waals surface area contributed by atoms with Crippen LogP contribution in [0.4, 0.5) is 5.69 Å². The van der Waals surface area contributed by atoms with Crippen molar-refractivity contribution in [1.29, 1.82) is 0 Å². The fraction of sp³-hybridized carbons (Fsp3) is 0.590. The van der Waals surface area contributed by atoms with Crippen molar-refractivity contribution >= 4 is 23.6 Å². The van der Waals surface area contributed by atoms with Crippen LogP contribution in [0.3, 0.4) is 0 Å². The largest absolute Gasteiger partial charge is 0.454 e. The van der Waals surface area contributed by atoms with Crippen molar-refractivity contribution in [3.05, 3.63) is 71.8 Å². The quantitative estimate of drug-likeness (QED) is 0.269. The average Bonchev–Trinajstić information content (AvgIpc) is 3.54. The molecule has 49 heavy (non-hydrogen) atoms. The van der Waals surface area contributed by atoms with Gasteiger partial charge >= 0.3 is 5.97 Å². The SMILES string of the molecule is CCN1C[C@]2(OC(=O)c3ccccc3NC(=O)/C=C/c3ccccc3)CC[C@H](OC)[C@]34C1[C@@H](C[C@H]23)[C@@]1(O)C[C@H](OC)[C@H]2C[C@@H]4[C@]1(O)[C@H]2OC. The number of nitrogens with zero attached hydrogens (tertiary/aromatic N) is 1. The van der Waals surface area contributed by atoms with E-state index in [9.17, 15) is 19.8 Å². The average molecular weight is 673 g/mol. The zero-order valence-electron chi connectivity index (χ0n) is 28.7. The highest BCUT2D eigenvalue weighted by atomic mass is 16.6. The maximum atomic E-state index is 14.4. The fourth-order valence-corrected chi connectivity index (χ4v) is 12.3. The molecule has 2 aromatic carbocycles. The number of para-hydroxylation sites is 1. The molecule has 1 amide bonds. The Kier molecular flexibility index (Phi) is 7.90. The van der Waals surface area contributed by atoms with E-state index in [0.29, 0.717) is 50.9 Å². The third-order valence-electron chi connectivity index (χ3n) is 13.8. The third kappa shape index (κ3) is 4.28. The van der Waals surface area contributed by atoms with Crippen LogP contribution in [0.25, 0.3) is 6.08 Å². The smallest absolute Gasteiger partial charge is 0.340 e. The summed E-state index contributed by atoms with van der Waals surface area (Å²) < 4.78 is 25.3.